The molecule has 0 bridgehead atoms. The Morgan fingerprint density at radius 1 is 1.11 bits per heavy atom. The first kappa shape index (κ1) is 32.0. The van der Waals surface area contributed by atoms with Gasteiger partial charge in [0, 0.05) is 0 Å². The average Bonchev–Trinajstić information content (AvgIpc) is 3.73. The van der Waals surface area contributed by atoms with E-state index >= 15 is 0 Å². The third-order valence-electron chi connectivity index (χ3n) is 7.36. The molecule has 0 radical (unpaired) electrons. The van der Waals surface area contributed by atoms with Gasteiger partial charge in [0.15, 0.2) is 5.76 Å². The molecule has 1 atom stereocenters. The van der Waals surface area contributed by atoms with Crippen molar-refractivity contribution in [2.24, 2.45) is 5.92 Å². The van der Waals surface area contributed by atoms with Gasteiger partial charge in [-0.05, 0) is 61.4 Å². The summed E-state index contributed by atoms with van der Waals surface area (Å²) in [5.74, 6) is 0.661. The van der Waals surface area contributed by atoms with Crippen LogP contribution in [-0.4, -0.2) is 44.0 Å². The lowest BCUT2D eigenvalue weighted by Gasteiger charge is -2.20. The molecule has 5 aromatic rings. The number of nitrogens with one attached hydrogen (secondary N) is 2. The molecule has 0 unspecified atom stereocenters. The molecule has 46 heavy (non-hydrogen) atoms. The predicted molar refractivity (Wildman–Crippen MR) is 162 cm³/mol. The van der Waals surface area contributed by atoms with E-state index in [-0.39, 0.29) is 28.9 Å². The Hall–Kier alpha value is -5.42. The highest BCUT2D eigenvalue weighted by molar-refractivity contribution is 5.83. The molecule has 0 spiro atoms. The highest BCUT2D eigenvalue weighted by Crippen LogP contribution is 2.32. The van der Waals surface area contributed by atoms with E-state index in [1.54, 1.807) is 43.5 Å². The Morgan fingerprint density at radius 3 is 2.46 bits per heavy atom. The topological polar surface area (TPSA) is 128 Å². The van der Waals surface area contributed by atoms with Gasteiger partial charge in [0.05, 0.1) is 66.4 Å². The number of carbonyl (C=O) groups is 1. The van der Waals surface area contributed by atoms with Gasteiger partial charge in [0.25, 0.3) is 0 Å². The maximum Gasteiger partial charge on any atom is 0.416 e. The molecular weight excluding hydrogens is 601 g/mol. The number of aromatic nitrogens is 5. The normalized spacial score (nSPS) is 12.5. The predicted octanol–water partition coefficient (Wildman–Crippen LogP) is 4.28. The van der Waals surface area contributed by atoms with Crippen LogP contribution in [-0.2, 0) is 12.7 Å². The second-order valence-electron chi connectivity index (χ2n) is 11.4. The molecule has 3 heterocycles. The van der Waals surface area contributed by atoms with E-state index in [0.29, 0.717) is 29.2 Å². The molecule has 0 saturated heterocycles. The van der Waals surface area contributed by atoms with Gasteiger partial charge in [-0.25, -0.2) is 23.8 Å². The molecule has 2 N–H and O–H groups in total. The van der Waals surface area contributed by atoms with Gasteiger partial charge >= 0.3 is 17.9 Å². The number of oxazole rings is 1. The number of carbonyl (C=O) groups excluding carboxylic acids is 1. The Bertz CT molecular complexity index is 1970. The number of quaternary nitrogens is 1. The Morgan fingerprint density at radius 2 is 1.83 bits per heavy atom. The number of imidazole rings is 1. The van der Waals surface area contributed by atoms with Crippen molar-refractivity contribution in [2.45, 2.75) is 39.5 Å². The van der Waals surface area contributed by atoms with Crippen molar-refractivity contribution in [3.05, 3.63) is 106 Å². The number of rotatable bonds is 8. The Labute approximate surface area is 262 Å². The van der Waals surface area contributed by atoms with Crippen LogP contribution in [0.2, 0.25) is 0 Å². The van der Waals surface area contributed by atoms with Crippen molar-refractivity contribution in [3.63, 3.8) is 0 Å². The largest absolute Gasteiger partial charge is 0.437 e. The van der Waals surface area contributed by atoms with E-state index in [0.717, 1.165) is 26.2 Å². The first-order valence-electron chi connectivity index (χ1n) is 14.4. The number of benzene rings is 2. The second kappa shape index (κ2) is 12.5. The van der Waals surface area contributed by atoms with Crippen LogP contribution in [0.5, 0.6) is 0 Å². The number of nitriles is 1. The van der Waals surface area contributed by atoms with Crippen molar-refractivity contribution < 1.29 is 27.3 Å². The van der Waals surface area contributed by atoms with Gasteiger partial charge in [-0.1, -0.05) is 19.9 Å². The first-order chi connectivity index (χ1) is 21.8. The monoisotopic (exact) mass is 633 g/mol. The number of hydrogen-bond donors (Lipinski definition) is 2. The number of halogens is 3. The van der Waals surface area contributed by atoms with Crippen LogP contribution in [0.1, 0.15) is 48.4 Å². The fourth-order valence-electron chi connectivity index (χ4n) is 5.19. The van der Waals surface area contributed by atoms with Crippen LogP contribution >= 0.6 is 0 Å². The lowest BCUT2D eigenvalue weighted by molar-refractivity contribution is -0.873. The molecule has 5 rings (SSSR count). The highest BCUT2D eigenvalue weighted by atomic mass is 19.4. The van der Waals surface area contributed by atoms with Crippen LogP contribution in [0.25, 0.3) is 22.8 Å². The summed E-state index contributed by atoms with van der Waals surface area (Å²) in [6.45, 7) is 5.82. The summed E-state index contributed by atoms with van der Waals surface area (Å²) < 4.78 is 50.4. The van der Waals surface area contributed by atoms with Gasteiger partial charge in [0.1, 0.15) is 18.3 Å². The molecule has 3 aromatic heterocycles. The van der Waals surface area contributed by atoms with Crippen molar-refractivity contribution in [1.29, 1.82) is 5.26 Å². The number of hydrogen-bond acceptors (Lipinski definition) is 6. The molecule has 0 saturated carbocycles. The smallest absolute Gasteiger partial charge is 0.416 e. The Balaban J connectivity index is 1.68. The summed E-state index contributed by atoms with van der Waals surface area (Å²) in [5.41, 5.74) is -0.341. The second-order valence-corrected chi connectivity index (χ2v) is 11.4. The SMILES string of the molecule is Cc1c(-c2ccnn2-c2ccc(C#N)cc2)n(C(=O)N[C@H](c2ncc(C[NH+](C)C)o2)C(C)C)c(=O)n1-c1cccc(C(F)(F)F)c1. The highest BCUT2D eigenvalue weighted by Gasteiger charge is 2.33. The first-order valence-corrected chi connectivity index (χ1v) is 14.4. The van der Waals surface area contributed by atoms with Gasteiger partial charge in [0.2, 0.25) is 5.89 Å². The summed E-state index contributed by atoms with van der Waals surface area (Å²) in [6.07, 6.45) is -1.59. The van der Waals surface area contributed by atoms with E-state index in [1.165, 1.54) is 23.0 Å². The minimum Gasteiger partial charge on any atom is -0.437 e. The van der Waals surface area contributed by atoms with Crippen molar-refractivity contribution in [3.8, 4) is 28.8 Å². The number of amides is 1. The zero-order chi connectivity index (χ0) is 33.3. The lowest BCUT2D eigenvalue weighted by atomic mass is 10.0. The van der Waals surface area contributed by atoms with E-state index in [4.69, 9.17) is 4.42 Å². The van der Waals surface area contributed by atoms with Gasteiger partial charge in [-0.3, -0.25) is 4.57 Å². The minimum atomic E-state index is -4.65. The third kappa shape index (κ3) is 6.22. The summed E-state index contributed by atoms with van der Waals surface area (Å²) >= 11 is 0. The maximum absolute atomic E-state index is 14.1. The number of nitrogens with zero attached hydrogens (tertiary/aromatic N) is 6. The van der Waals surface area contributed by atoms with Gasteiger partial charge in [-0.15, -0.1) is 0 Å². The summed E-state index contributed by atoms with van der Waals surface area (Å²) in [4.78, 5) is 33.7. The molecular formula is C32H32F3N8O3+. The van der Waals surface area contributed by atoms with E-state index in [9.17, 15) is 28.0 Å². The number of alkyl halides is 3. The third-order valence-corrected chi connectivity index (χ3v) is 7.36. The van der Waals surface area contributed by atoms with Gasteiger partial charge in [-0.2, -0.15) is 23.5 Å². The quantitative estimate of drug-likeness (QED) is 0.263. The molecule has 11 nitrogen and oxygen atoms in total. The molecule has 0 aliphatic carbocycles. The molecule has 238 valence electrons. The summed E-state index contributed by atoms with van der Waals surface area (Å²) in [5, 5.41) is 16.5. The van der Waals surface area contributed by atoms with E-state index < -0.39 is 29.5 Å². The van der Waals surface area contributed by atoms with E-state index in [2.05, 4.69) is 15.4 Å². The zero-order valence-electron chi connectivity index (χ0n) is 25.8. The summed E-state index contributed by atoms with van der Waals surface area (Å²) in [7, 11) is 3.91. The fourth-order valence-corrected chi connectivity index (χ4v) is 5.19. The van der Waals surface area contributed by atoms with Crippen LogP contribution in [0, 0.1) is 24.2 Å². The van der Waals surface area contributed by atoms with Crippen molar-refractivity contribution in [2.75, 3.05) is 14.1 Å². The van der Waals surface area contributed by atoms with Crippen molar-refractivity contribution in [1.82, 2.24) is 29.2 Å². The van der Waals surface area contributed by atoms with E-state index in [1.807, 2.05) is 34.0 Å². The molecule has 1 amide bonds. The molecule has 0 aliphatic heterocycles. The standard InChI is InChI=1S/C32H31F3N8O3/c1-19(2)27(29-37-17-25(46-29)18-40(4)5)39-30(44)42-28(26-13-14-38-43(26)23-11-9-21(16-36)10-12-23)20(3)41(31(42)45)24-8-6-7-22(15-24)32(33,34)35/h6-15,17,19,27H,18H2,1-5H3,(H,39,44)/p+1/t27-/m0/s1. The van der Waals surface area contributed by atoms with Crippen LogP contribution < -0.4 is 15.9 Å². The average molecular weight is 634 g/mol. The van der Waals surface area contributed by atoms with Crippen LogP contribution in [0.4, 0.5) is 18.0 Å². The minimum absolute atomic E-state index is 0.0708. The van der Waals surface area contributed by atoms with Gasteiger partial charge < -0.3 is 14.6 Å². The van der Waals surface area contributed by atoms with Crippen molar-refractivity contribution >= 4 is 6.03 Å². The van der Waals surface area contributed by atoms with Crippen LogP contribution in [0.15, 0.2) is 76.2 Å². The Kier molecular flexibility index (Phi) is 8.71. The maximum atomic E-state index is 14.1. The molecule has 14 heteroatoms. The van der Waals surface area contributed by atoms with Crippen LogP contribution in [0.3, 0.4) is 0 Å². The molecule has 2 aromatic carbocycles. The fraction of sp³-hybridized carbons (Fsp3) is 0.281. The lowest BCUT2D eigenvalue weighted by Crippen LogP contribution is -3.04. The molecule has 0 aliphatic rings. The zero-order valence-corrected chi connectivity index (χ0v) is 25.8. The summed E-state index contributed by atoms with van der Waals surface area (Å²) in [6, 6.07) is 12.9. The molecule has 0 fully saturated rings.